The average molecular weight is 449 g/mol. The maximum atomic E-state index is 5.91. The van der Waals surface area contributed by atoms with Crippen molar-refractivity contribution in [1.29, 1.82) is 0 Å². The lowest BCUT2D eigenvalue weighted by Crippen LogP contribution is -2.22. The molecule has 5 nitrogen and oxygen atoms in total. The Morgan fingerprint density at radius 1 is 1.41 bits per heavy atom. The summed E-state index contributed by atoms with van der Waals surface area (Å²) in [6, 6.07) is 8.18. The number of rotatable bonds is 5. The predicted octanol–water partition coefficient (Wildman–Crippen LogP) is 3.93. The van der Waals surface area contributed by atoms with Gasteiger partial charge in [-0.2, -0.15) is 0 Å². The number of halogens is 1. The van der Waals surface area contributed by atoms with E-state index in [-0.39, 0.29) is 24.0 Å². The number of aliphatic imine (C=N–C) groups is 1. The van der Waals surface area contributed by atoms with Crippen LogP contribution in [0.25, 0.3) is 0 Å². The van der Waals surface area contributed by atoms with Crippen molar-refractivity contribution >= 4 is 58.7 Å². The maximum absolute atomic E-state index is 5.91. The average Bonchev–Trinajstić information content (AvgIpc) is 2.93. The second-order valence-electron chi connectivity index (χ2n) is 4.77. The number of anilines is 1. The largest absolute Gasteiger partial charge is 0.370 e. The molecule has 2 rings (SSSR count). The van der Waals surface area contributed by atoms with Crippen molar-refractivity contribution < 1.29 is 0 Å². The first-order valence-electron chi connectivity index (χ1n) is 6.61. The predicted molar refractivity (Wildman–Crippen MR) is 107 cm³/mol. The Balaban J connectivity index is 0.00000242. The van der Waals surface area contributed by atoms with E-state index in [4.69, 9.17) is 5.73 Å². The summed E-state index contributed by atoms with van der Waals surface area (Å²) >= 11 is 3.12. The summed E-state index contributed by atoms with van der Waals surface area (Å²) in [5.41, 5.74) is 8.12. The number of nitrogens with one attached hydrogen (secondary N) is 1. The standard InChI is InChI=1S/C14H19N5S2.HI/c1-9(2)10-5-4-6-11(7-10)17-13(15)16-8-12-18-19-14(20-3)21-12;/h4-7,9H,8H2,1-3H3,(H3,15,16,17);1H. The minimum absolute atomic E-state index is 0. The van der Waals surface area contributed by atoms with Crippen molar-refractivity contribution in [2.24, 2.45) is 10.7 Å². The zero-order valence-electron chi connectivity index (χ0n) is 12.7. The molecule has 3 N–H and O–H groups in total. The maximum Gasteiger partial charge on any atom is 0.193 e. The van der Waals surface area contributed by atoms with E-state index in [1.807, 2.05) is 18.4 Å². The van der Waals surface area contributed by atoms with Crippen molar-refractivity contribution in [2.45, 2.75) is 30.6 Å². The Kier molecular flexibility index (Phi) is 8.12. The van der Waals surface area contributed by atoms with Gasteiger partial charge in [0.05, 0.1) is 6.54 Å². The minimum atomic E-state index is 0. The molecule has 0 atom stereocenters. The quantitative estimate of drug-likeness (QED) is 0.313. The molecule has 1 aromatic heterocycles. The molecule has 0 radical (unpaired) electrons. The van der Waals surface area contributed by atoms with Gasteiger partial charge < -0.3 is 11.1 Å². The van der Waals surface area contributed by atoms with Crippen LogP contribution < -0.4 is 11.1 Å². The normalized spacial score (nSPS) is 11.4. The topological polar surface area (TPSA) is 76.2 Å². The first-order valence-corrected chi connectivity index (χ1v) is 8.66. The molecule has 1 aromatic carbocycles. The van der Waals surface area contributed by atoms with Crippen LogP contribution in [0.15, 0.2) is 33.6 Å². The Bertz CT molecular complexity index is 627. The molecule has 0 unspecified atom stereocenters. The third-order valence-corrected chi connectivity index (χ3v) is 4.72. The van der Waals surface area contributed by atoms with E-state index < -0.39 is 0 Å². The molecule has 8 heteroatoms. The van der Waals surface area contributed by atoms with Gasteiger partial charge in [-0.15, -0.1) is 34.2 Å². The molecule has 0 aliphatic rings. The van der Waals surface area contributed by atoms with Gasteiger partial charge in [0.1, 0.15) is 5.01 Å². The van der Waals surface area contributed by atoms with Crippen molar-refractivity contribution in [3.05, 3.63) is 34.8 Å². The van der Waals surface area contributed by atoms with E-state index in [1.165, 1.54) is 16.9 Å². The van der Waals surface area contributed by atoms with Crippen molar-refractivity contribution in [3.63, 3.8) is 0 Å². The van der Waals surface area contributed by atoms with Gasteiger partial charge >= 0.3 is 0 Å². The molecule has 0 spiro atoms. The highest BCUT2D eigenvalue weighted by Gasteiger charge is 2.03. The van der Waals surface area contributed by atoms with Gasteiger partial charge in [-0.3, -0.25) is 0 Å². The Morgan fingerprint density at radius 2 is 2.18 bits per heavy atom. The molecule has 2 aromatic rings. The molecule has 0 amide bonds. The summed E-state index contributed by atoms with van der Waals surface area (Å²) in [6.45, 7) is 4.77. The minimum Gasteiger partial charge on any atom is -0.370 e. The van der Waals surface area contributed by atoms with Gasteiger partial charge in [-0.25, -0.2) is 4.99 Å². The Hall–Kier alpha value is -0.870. The van der Waals surface area contributed by atoms with Crippen molar-refractivity contribution in [1.82, 2.24) is 10.2 Å². The van der Waals surface area contributed by atoms with Crippen molar-refractivity contribution in [2.75, 3.05) is 11.6 Å². The van der Waals surface area contributed by atoms with Crippen LogP contribution in [0.4, 0.5) is 5.69 Å². The van der Waals surface area contributed by atoms with E-state index in [1.54, 1.807) is 11.8 Å². The summed E-state index contributed by atoms with van der Waals surface area (Å²) in [6.07, 6.45) is 1.98. The van der Waals surface area contributed by atoms with Gasteiger partial charge in [0.2, 0.25) is 0 Å². The molecule has 0 saturated heterocycles. The third kappa shape index (κ3) is 5.73. The molecule has 0 saturated carbocycles. The van der Waals surface area contributed by atoms with Crippen LogP contribution in [0, 0.1) is 0 Å². The van der Waals surface area contributed by atoms with Gasteiger partial charge in [0.15, 0.2) is 10.3 Å². The molecule has 0 aliphatic heterocycles. The van der Waals surface area contributed by atoms with E-state index in [0.29, 0.717) is 18.4 Å². The summed E-state index contributed by atoms with van der Waals surface area (Å²) in [5, 5.41) is 12.1. The monoisotopic (exact) mass is 449 g/mol. The molecule has 22 heavy (non-hydrogen) atoms. The molecule has 0 fully saturated rings. The summed E-state index contributed by atoms with van der Waals surface area (Å²) in [4.78, 5) is 4.29. The lowest BCUT2D eigenvalue weighted by Gasteiger charge is -2.09. The number of hydrogen-bond donors (Lipinski definition) is 2. The highest BCUT2D eigenvalue weighted by atomic mass is 127. The first kappa shape index (κ1) is 19.2. The Labute approximate surface area is 156 Å². The molecular formula is C14H20IN5S2. The number of nitrogens with zero attached hydrogens (tertiary/aromatic N) is 3. The Morgan fingerprint density at radius 3 is 2.82 bits per heavy atom. The van der Waals surface area contributed by atoms with E-state index in [0.717, 1.165) is 15.0 Å². The number of aromatic nitrogens is 2. The van der Waals surface area contributed by atoms with Crippen LogP contribution in [-0.4, -0.2) is 22.4 Å². The van der Waals surface area contributed by atoms with Crippen LogP contribution in [-0.2, 0) is 6.54 Å². The van der Waals surface area contributed by atoms with Crippen LogP contribution in [0.1, 0.15) is 30.3 Å². The van der Waals surface area contributed by atoms with Gasteiger partial charge in [0.25, 0.3) is 0 Å². The number of thioether (sulfide) groups is 1. The second kappa shape index (κ2) is 9.31. The fourth-order valence-corrected chi connectivity index (χ4v) is 2.94. The second-order valence-corrected chi connectivity index (χ2v) is 6.89. The highest BCUT2D eigenvalue weighted by molar-refractivity contribution is 14.0. The smallest absolute Gasteiger partial charge is 0.193 e. The van der Waals surface area contributed by atoms with E-state index >= 15 is 0 Å². The van der Waals surface area contributed by atoms with Crippen LogP contribution >= 0.6 is 47.1 Å². The lowest BCUT2D eigenvalue weighted by molar-refractivity contribution is 0.867. The summed E-state index contributed by atoms with van der Waals surface area (Å²) < 4.78 is 0.941. The van der Waals surface area contributed by atoms with E-state index in [9.17, 15) is 0 Å². The van der Waals surface area contributed by atoms with E-state index in [2.05, 4.69) is 46.5 Å². The molecule has 120 valence electrons. The fraction of sp³-hybridized carbons (Fsp3) is 0.357. The highest BCUT2D eigenvalue weighted by Crippen LogP contribution is 2.20. The zero-order valence-corrected chi connectivity index (χ0v) is 16.7. The van der Waals surface area contributed by atoms with Crippen LogP contribution in [0.5, 0.6) is 0 Å². The fourth-order valence-electron chi connectivity index (χ4n) is 1.70. The van der Waals surface area contributed by atoms with Crippen LogP contribution in [0.3, 0.4) is 0 Å². The van der Waals surface area contributed by atoms with Crippen LogP contribution in [0.2, 0.25) is 0 Å². The van der Waals surface area contributed by atoms with Gasteiger partial charge in [-0.05, 0) is 29.9 Å². The molecule has 0 bridgehead atoms. The van der Waals surface area contributed by atoms with Gasteiger partial charge in [-0.1, -0.05) is 49.1 Å². The third-order valence-electron chi connectivity index (χ3n) is 2.83. The first-order chi connectivity index (χ1) is 10.1. The number of benzene rings is 1. The summed E-state index contributed by atoms with van der Waals surface area (Å²) in [7, 11) is 0. The molecular weight excluding hydrogens is 429 g/mol. The lowest BCUT2D eigenvalue weighted by atomic mass is 10.0. The zero-order chi connectivity index (χ0) is 15.2. The van der Waals surface area contributed by atoms with Crippen molar-refractivity contribution in [3.8, 4) is 0 Å². The number of guanidine groups is 1. The SMILES string of the molecule is CSc1nnc(CN=C(N)Nc2cccc(C(C)C)c2)s1.I. The molecule has 1 heterocycles. The number of hydrogen-bond acceptors (Lipinski definition) is 5. The molecule has 0 aliphatic carbocycles. The summed E-state index contributed by atoms with van der Waals surface area (Å²) in [5.74, 6) is 0.869. The number of nitrogens with two attached hydrogens (primary N) is 1. The van der Waals surface area contributed by atoms with Gasteiger partial charge in [0, 0.05) is 5.69 Å².